The Balaban J connectivity index is 1.17. The molecule has 270 valence electrons. The van der Waals surface area contributed by atoms with Crippen LogP contribution < -0.4 is 15.2 Å². The second-order valence-corrected chi connectivity index (χ2v) is 14.9. The summed E-state index contributed by atoms with van der Waals surface area (Å²) in [5, 5.41) is 29.8. The Morgan fingerprint density at radius 3 is 2.58 bits per heavy atom. The van der Waals surface area contributed by atoms with E-state index in [1.54, 1.807) is 18.3 Å². The van der Waals surface area contributed by atoms with Crippen molar-refractivity contribution in [1.82, 2.24) is 9.97 Å². The first-order valence-corrected chi connectivity index (χ1v) is 18.3. The lowest BCUT2D eigenvalue weighted by Crippen LogP contribution is -2.32. The molecule has 0 saturated heterocycles. The first kappa shape index (κ1) is 36.4. The average Bonchev–Trinajstić information content (AvgIpc) is 3.76. The summed E-state index contributed by atoms with van der Waals surface area (Å²) >= 11 is 14.0. The van der Waals surface area contributed by atoms with Gasteiger partial charge in [0.05, 0.1) is 22.6 Å². The maximum Gasteiger partial charge on any atom is 0.311 e. The standard InChI is InChI=1S/C42H38Cl2N4O5/c1-42(23-49,41(50)51)13-12-28-18-36(43)40(48-39(28)52-22-25-14-24(19-45)20-47-21-25)53-37-11-10-33-32(5-3-6-34(33)37)35-7-2-4-31(38(35)44)27-9-8-26-16-30(46)17-29(26)15-27/h2-9,14-15,18,20-21,30,37,49H,10-13,16-17,22-23,46H2,1H3,(H,50,51)/t30-,37-,42-/m0/s1. The molecule has 5 aromatic rings. The number of benzene rings is 3. The van der Waals surface area contributed by atoms with Crippen LogP contribution in [0.15, 0.2) is 79.1 Å². The minimum absolute atomic E-state index is 0.0498. The molecule has 0 fully saturated rings. The summed E-state index contributed by atoms with van der Waals surface area (Å²) < 4.78 is 12.7. The van der Waals surface area contributed by atoms with Crippen LogP contribution >= 0.6 is 23.2 Å². The van der Waals surface area contributed by atoms with E-state index in [9.17, 15) is 20.3 Å². The number of nitrogens with zero attached hydrogens (tertiary/aromatic N) is 3. The number of pyridine rings is 2. The lowest BCUT2D eigenvalue weighted by molar-refractivity contribution is -0.150. The number of aliphatic carboxylic acids is 1. The van der Waals surface area contributed by atoms with Crippen LogP contribution in [0.4, 0.5) is 0 Å². The second-order valence-electron chi connectivity index (χ2n) is 14.1. The number of aliphatic hydroxyl groups excluding tert-OH is 1. The molecule has 9 nitrogen and oxygen atoms in total. The highest BCUT2D eigenvalue weighted by Gasteiger charge is 2.33. The number of aliphatic hydroxyl groups is 1. The first-order valence-electron chi connectivity index (χ1n) is 17.5. The fourth-order valence-corrected chi connectivity index (χ4v) is 7.79. The van der Waals surface area contributed by atoms with E-state index in [1.807, 2.05) is 18.2 Å². The zero-order chi connectivity index (χ0) is 37.3. The van der Waals surface area contributed by atoms with E-state index in [2.05, 4.69) is 47.5 Å². The molecule has 3 atom stereocenters. The third-order valence-electron chi connectivity index (χ3n) is 10.3. The molecule has 4 N–H and O–H groups in total. The number of carboxylic acid groups (broad SMARTS) is 1. The van der Waals surface area contributed by atoms with Crippen molar-refractivity contribution in [3.63, 3.8) is 0 Å². The molecule has 11 heteroatoms. The van der Waals surface area contributed by atoms with Gasteiger partial charge in [-0.25, -0.2) is 0 Å². The Labute approximate surface area is 318 Å². The molecule has 7 rings (SSSR count). The number of ether oxygens (including phenoxy) is 2. The lowest BCUT2D eigenvalue weighted by atomic mass is 9.85. The molecule has 0 radical (unpaired) electrons. The van der Waals surface area contributed by atoms with E-state index in [-0.39, 0.29) is 48.4 Å². The van der Waals surface area contributed by atoms with Crippen molar-refractivity contribution in [2.45, 2.75) is 64.2 Å². The van der Waals surface area contributed by atoms with Crippen LogP contribution in [0.2, 0.25) is 10.0 Å². The third-order valence-corrected chi connectivity index (χ3v) is 11.0. The Hall–Kier alpha value is -4.98. The highest BCUT2D eigenvalue weighted by Crippen LogP contribution is 2.45. The van der Waals surface area contributed by atoms with E-state index in [4.69, 9.17) is 43.4 Å². The van der Waals surface area contributed by atoms with Crippen molar-refractivity contribution in [3.05, 3.63) is 128 Å². The summed E-state index contributed by atoms with van der Waals surface area (Å²) in [7, 11) is 0. The van der Waals surface area contributed by atoms with E-state index < -0.39 is 18.0 Å². The SMILES string of the molecule is C[C@@](CO)(CCc1cc(Cl)c(O[C@H]2CCc3c(-c4cccc(-c5ccc6c(c5)C[C@@H](N)C6)c4Cl)cccc32)nc1OCc1cncc(C#N)c1)C(=O)O. The Morgan fingerprint density at radius 1 is 1.02 bits per heavy atom. The third kappa shape index (κ3) is 7.46. The number of rotatable bonds is 12. The fraction of sp³-hybridized carbons (Fsp3) is 0.286. The number of hydrogen-bond acceptors (Lipinski definition) is 8. The van der Waals surface area contributed by atoms with Gasteiger partial charge in [0.15, 0.2) is 0 Å². The number of halogens is 2. The quantitative estimate of drug-likeness (QED) is 0.115. The molecule has 3 aromatic carbocycles. The highest BCUT2D eigenvalue weighted by atomic mass is 35.5. The molecule has 0 bridgehead atoms. The van der Waals surface area contributed by atoms with E-state index in [1.165, 1.54) is 24.2 Å². The van der Waals surface area contributed by atoms with Crippen molar-refractivity contribution >= 4 is 29.2 Å². The zero-order valence-corrected chi connectivity index (χ0v) is 30.6. The van der Waals surface area contributed by atoms with E-state index >= 15 is 0 Å². The van der Waals surface area contributed by atoms with Gasteiger partial charge < -0.3 is 25.4 Å². The van der Waals surface area contributed by atoms with Gasteiger partial charge in [-0.05, 0) is 91.0 Å². The van der Waals surface area contributed by atoms with Crippen LogP contribution in [0, 0.1) is 16.7 Å². The molecule has 2 aromatic heterocycles. The predicted molar refractivity (Wildman–Crippen MR) is 203 cm³/mol. The van der Waals surface area contributed by atoms with Crippen molar-refractivity contribution in [2.24, 2.45) is 11.1 Å². The summed E-state index contributed by atoms with van der Waals surface area (Å²) in [6.45, 7) is 1.00. The number of nitrogens with two attached hydrogens (primary N) is 1. The molecule has 0 amide bonds. The Kier molecular flexibility index (Phi) is 10.4. The monoisotopic (exact) mass is 748 g/mol. The number of fused-ring (bicyclic) bond motifs is 2. The number of carboxylic acids is 1. The minimum Gasteiger partial charge on any atom is -0.481 e. The van der Waals surface area contributed by atoms with Gasteiger partial charge in [-0.15, -0.1) is 0 Å². The summed E-state index contributed by atoms with van der Waals surface area (Å²) in [5.41, 5.74) is 15.2. The van der Waals surface area contributed by atoms with Crippen molar-refractivity contribution < 1.29 is 24.5 Å². The molecule has 2 heterocycles. The molecular formula is C42H38Cl2N4O5. The normalized spacial score (nSPS) is 17.1. The van der Waals surface area contributed by atoms with E-state index in [0.717, 1.165) is 52.6 Å². The van der Waals surface area contributed by atoms with Crippen LogP contribution in [0.25, 0.3) is 22.3 Å². The number of carbonyl (C=O) groups is 1. The van der Waals surface area contributed by atoms with Gasteiger partial charge in [0.1, 0.15) is 23.8 Å². The van der Waals surface area contributed by atoms with Gasteiger partial charge in [-0.3, -0.25) is 9.78 Å². The summed E-state index contributed by atoms with van der Waals surface area (Å²) in [6.07, 6.45) is 6.24. The smallest absolute Gasteiger partial charge is 0.311 e. The zero-order valence-electron chi connectivity index (χ0n) is 29.1. The van der Waals surface area contributed by atoms with Gasteiger partial charge in [0.2, 0.25) is 11.8 Å². The molecular weight excluding hydrogens is 711 g/mol. The largest absolute Gasteiger partial charge is 0.481 e. The molecule has 0 unspecified atom stereocenters. The number of nitriles is 1. The maximum absolute atomic E-state index is 11.9. The summed E-state index contributed by atoms with van der Waals surface area (Å²) in [4.78, 5) is 20.7. The average molecular weight is 750 g/mol. The Bertz CT molecular complexity index is 2260. The molecule has 53 heavy (non-hydrogen) atoms. The molecule has 2 aliphatic carbocycles. The second kappa shape index (κ2) is 15.2. The van der Waals surface area contributed by atoms with Crippen molar-refractivity contribution in [3.8, 4) is 40.1 Å². The lowest BCUT2D eigenvalue weighted by Gasteiger charge is -2.23. The molecule has 0 aliphatic heterocycles. The molecule has 2 aliphatic rings. The van der Waals surface area contributed by atoms with Crippen molar-refractivity contribution in [2.75, 3.05) is 6.61 Å². The minimum atomic E-state index is -1.37. The highest BCUT2D eigenvalue weighted by molar-refractivity contribution is 6.36. The Morgan fingerprint density at radius 2 is 1.79 bits per heavy atom. The summed E-state index contributed by atoms with van der Waals surface area (Å²) in [6, 6.07) is 24.4. The van der Waals surface area contributed by atoms with Crippen LogP contribution in [0.3, 0.4) is 0 Å². The number of aromatic nitrogens is 2. The van der Waals surface area contributed by atoms with Gasteiger partial charge in [-0.1, -0.05) is 77.8 Å². The fourth-order valence-electron chi connectivity index (χ4n) is 7.23. The van der Waals surface area contributed by atoms with Gasteiger partial charge in [-0.2, -0.15) is 10.2 Å². The van der Waals surface area contributed by atoms with Crippen molar-refractivity contribution in [1.29, 1.82) is 5.26 Å². The number of hydrogen-bond donors (Lipinski definition) is 3. The van der Waals surface area contributed by atoms with Crippen LogP contribution in [-0.4, -0.2) is 38.8 Å². The van der Waals surface area contributed by atoms with Crippen LogP contribution in [0.5, 0.6) is 11.8 Å². The number of aryl methyl sites for hydroxylation is 1. The maximum atomic E-state index is 11.9. The molecule has 0 saturated carbocycles. The van der Waals surface area contributed by atoms with Crippen LogP contribution in [0.1, 0.15) is 64.8 Å². The van der Waals surface area contributed by atoms with E-state index in [0.29, 0.717) is 28.1 Å². The van der Waals surface area contributed by atoms with Gasteiger partial charge in [0.25, 0.3) is 0 Å². The predicted octanol–water partition coefficient (Wildman–Crippen LogP) is 8.08. The molecule has 0 spiro atoms. The van der Waals surface area contributed by atoms with Gasteiger partial charge >= 0.3 is 5.97 Å². The van der Waals surface area contributed by atoms with Gasteiger partial charge in [0, 0.05) is 40.7 Å². The first-order chi connectivity index (χ1) is 25.6. The van der Waals surface area contributed by atoms with Crippen LogP contribution in [-0.2, 0) is 37.1 Å². The summed E-state index contributed by atoms with van der Waals surface area (Å²) in [5.74, 6) is -0.722. The topological polar surface area (TPSA) is 152 Å².